The number of hydrazine groups is 1. The fourth-order valence-electron chi connectivity index (χ4n) is 2.21. The smallest absolute Gasteiger partial charge is 0.124 e. The second kappa shape index (κ2) is 5.32. The van der Waals surface area contributed by atoms with Gasteiger partial charge >= 0.3 is 0 Å². The quantitative estimate of drug-likeness (QED) is 0.573. The first-order valence-electron chi connectivity index (χ1n) is 6.28. The Hall–Kier alpha value is -1.76. The number of halogens is 1. The van der Waals surface area contributed by atoms with Gasteiger partial charge in [0.05, 0.1) is 6.04 Å². The van der Waals surface area contributed by atoms with Gasteiger partial charge < -0.3 is 4.57 Å². The number of nitrogens with two attached hydrogens (primary N) is 1. The summed E-state index contributed by atoms with van der Waals surface area (Å²) in [6, 6.07) is 6.84. The van der Waals surface area contributed by atoms with Crippen LogP contribution in [0.15, 0.2) is 36.7 Å². The average Bonchev–Trinajstić information content (AvgIpc) is 3.01. The number of imidazole rings is 1. The standard InChI is InChI=1S/C14H15FN4S/c1-19-5-4-17-14(19)8-11(18-16)13-6-9-2-3-10(15)7-12(9)20-13/h2-7,11,18H,8,16H2,1H3. The van der Waals surface area contributed by atoms with Gasteiger partial charge in [0.25, 0.3) is 0 Å². The Morgan fingerprint density at radius 3 is 3.00 bits per heavy atom. The van der Waals surface area contributed by atoms with E-state index in [2.05, 4.69) is 10.4 Å². The molecule has 20 heavy (non-hydrogen) atoms. The molecule has 3 N–H and O–H groups in total. The van der Waals surface area contributed by atoms with Gasteiger partial charge in [-0.15, -0.1) is 11.3 Å². The van der Waals surface area contributed by atoms with Crippen LogP contribution in [0.1, 0.15) is 16.7 Å². The molecule has 1 aromatic carbocycles. The summed E-state index contributed by atoms with van der Waals surface area (Å²) in [5.41, 5.74) is 2.82. The van der Waals surface area contributed by atoms with E-state index >= 15 is 0 Å². The number of thiophene rings is 1. The van der Waals surface area contributed by atoms with Crippen molar-refractivity contribution in [3.05, 3.63) is 53.2 Å². The zero-order chi connectivity index (χ0) is 14.1. The molecule has 6 heteroatoms. The summed E-state index contributed by atoms with van der Waals surface area (Å²) in [6.45, 7) is 0. The zero-order valence-electron chi connectivity index (χ0n) is 11.0. The van der Waals surface area contributed by atoms with Crippen LogP contribution in [0.4, 0.5) is 4.39 Å². The molecule has 0 aliphatic rings. The third-order valence-electron chi connectivity index (χ3n) is 3.35. The van der Waals surface area contributed by atoms with E-state index in [1.807, 2.05) is 23.9 Å². The second-order valence-electron chi connectivity index (χ2n) is 4.71. The van der Waals surface area contributed by atoms with Crippen LogP contribution >= 0.6 is 11.3 Å². The van der Waals surface area contributed by atoms with Crippen LogP contribution in [0.2, 0.25) is 0 Å². The highest BCUT2D eigenvalue weighted by Crippen LogP contribution is 2.31. The Labute approximate surface area is 120 Å². The van der Waals surface area contributed by atoms with Crippen molar-refractivity contribution in [2.75, 3.05) is 0 Å². The molecular weight excluding hydrogens is 275 g/mol. The maximum atomic E-state index is 13.2. The van der Waals surface area contributed by atoms with Crippen molar-refractivity contribution in [1.82, 2.24) is 15.0 Å². The lowest BCUT2D eigenvalue weighted by Crippen LogP contribution is -2.29. The fourth-order valence-corrected chi connectivity index (χ4v) is 3.36. The highest BCUT2D eigenvalue weighted by molar-refractivity contribution is 7.19. The summed E-state index contributed by atoms with van der Waals surface area (Å²) < 4.78 is 16.1. The van der Waals surface area contributed by atoms with Crippen molar-refractivity contribution < 1.29 is 4.39 Å². The third-order valence-corrected chi connectivity index (χ3v) is 4.57. The molecule has 0 spiro atoms. The SMILES string of the molecule is Cn1ccnc1CC(NN)c1cc2ccc(F)cc2s1. The third kappa shape index (κ3) is 2.45. The van der Waals surface area contributed by atoms with E-state index < -0.39 is 0 Å². The molecule has 3 rings (SSSR count). The van der Waals surface area contributed by atoms with Gasteiger partial charge in [-0.3, -0.25) is 11.3 Å². The van der Waals surface area contributed by atoms with Gasteiger partial charge in [-0.05, 0) is 23.6 Å². The second-order valence-corrected chi connectivity index (χ2v) is 5.82. The number of hydrogen-bond donors (Lipinski definition) is 2. The van der Waals surface area contributed by atoms with Crippen LogP contribution in [0.25, 0.3) is 10.1 Å². The molecule has 1 atom stereocenters. The van der Waals surface area contributed by atoms with Crippen molar-refractivity contribution in [3.8, 4) is 0 Å². The Bertz CT molecular complexity index is 734. The molecule has 0 saturated heterocycles. The first-order chi connectivity index (χ1) is 9.67. The topological polar surface area (TPSA) is 55.9 Å². The monoisotopic (exact) mass is 290 g/mol. The average molecular weight is 290 g/mol. The summed E-state index contributed by atoms with van der Waals surface area (Å²) in [5, 5.41) is 1.03. The summed E-state index contributed by atoms with van der Waals surface area (Å²) in [4.78, 5) is 5.39. The van der Waals surface area contributed by atoms with E-state index in [0.717, 1.165) is 20.8 Å². The van der Waals surface area contributed by atoms with Gasteiger partial charge in [0.1, 0.15) is 11.6 Å². The van der Waals surface area contributed by atoms with Crippen molar-refractivity contribution in [1.29, 1.82) is 0 Å². The van der Waals surface area contributed by atoms with Crippen molar-refractivity contribution in [2.45, 2.75) is 12.5 Å². The van der Waals surface area contributed by atoms with E-state index in [-0.39, 0.29) is 11.9 Å². The van der Waals surface area contributed by atoms with Crippen molar-refractivity contribution >= 4 is 21.4 Å². The summed E-state index contributed by atoms with van der Waals surface area (Å²) >= 11 is 1.55. The Balaban J connectivity index is 1.92. The van der Waals surface area contributed by atoms with Crippen LogP contribution in [-0.2, 0) is 13.5 Å². The summed E-state index contributed by atoms with van der Waals surface area (Å²) in [7, 11) is 1.95. The van der Waals surface area contributed by atoms with E-state index in [9.17, 15) is 4.39 Å². The van der Waals surface area contributed by atoms with E-state index in [1.165, 1.54) is 6.07 Å². The number of nitrogens with one attached hydrogen (secondary N) is 1. The molecular formula is C14H15FN4S. The molecule has 0 amide bonds. The molecule has 0 radical (unpaired) electrons. The number of hydrogen-bond acceptors (Lipinski definition) is 4. The molecule has 3 aromatic rings. The van der Waals surface area contributed by atoms with Crippen LogP contribution in [0.3, 0.4) is 0 Å². The predicted octanol–water partition coefficient (Wildman–Crippen LogP) is 2.52. The molecule has 1 unspecified atom stereocenters. The highest BCUT2D eigenvalue weighted by Gasteiger charge is 2.16. The highest BCUT2D eigenvalue weighted by atomic mass is 32.1. The first kappa shape index (κ1) is 13.2. The molecule has 0 fully saturated rings. The van der Waals surface area contributed by atoms with Gasteiger partial charge in [0.15, 0.2) is 0 Å². The fraction of sp³-hybridized carbons (Fsp3) is 0.214. The molecule has 4 nitrogen and oxygen atoms in total. The number of fused-ring (bicyclic) bond motifs is 1. The molecule has 2 heterocycles. The molecule has 0 aliphatic carbocycles. The van der Waals surface area contributed by atoms with Crippen molar-refractivity contribution in [2.24, 2.45) is 12.9 Å². The van der Waals surface area contributed by atoms with Crippen LogP contribution in [-0.4, -0.2) is 9.55 Å². The van der Waals surface area contributed by atoms with E-state index in [0.29, 0.717) is 6.42 Å². The number of rotatable bonds is 4. The van der Waals surface area contributed by atoms with Gasteiger partial charge in [-0.25, -0.2) is 9.37 Å². The minimum Gasteiger partial charge on any atom is -0.338 e. The maximum absolute atomic E-state index is 13.2. The van der Waals surface area contributed by atoms with E-state index in [1.54, 1.807) is 29.7 Å². The van der Waals surface area contributed by atoms with Gasteiger partial charge in [-0.2, -0.15) is 0 Å². The molecule has 2 aromatic heterocycles. The van der Waals surface area contributed by atoms with Gasteiger partial charge in [0.2, 0.25) is 0 Å². The number of aromatic nitrogens is 2. The van der Waals surface area contributed by atoms with Gasteiger partial charge in [0, 0.05) is 35.4 Å². The number of nitrogens with zero attached hydrogens (tertiary/aromatic N) is 2. The molecule has 0 bridgehead atoms. The molecule has 0 aliphatic heterocycles. The van der Waals surface area contributed by atoms with Crippen LogP contribution < -0.4 is 11.3 Å². The van der Waals surface area contributed by atoms with Gasteiger partial charge in [-0.1, -0.05) is 6.07 Å². The lowest BCUT2D eigenvalue weighted by Gasteiger charge is -2.13. The lowest BCUT2D eigenvalue weighted by molar-refractivity contribution is 0.538. The zero-order valence-corrected chi connectivity index (χ0v) is 11.8. The minimum absolute atomic E-state index is 0.0310. The first-order valence-corrected chi connectivity index (χ1v) is 7.10. The normalized spacial score (nSPS) is 12.9. The Morgan fingerprint density at radius 2 is 2.30 bits per heavy atom. The Kier molecular flexibility index (Phi) is 3.52. The lowest BCUT2D eigenvalue weighted by atomic mass is 10.1. The summed E-state index contributed by atoms with van der Waals surface area (Å²) in [6.07, 6.45) is 4.36. The number of benzene rings is 1. The largest absolute Gasteiger partial charge is 0.338 e. The Morgan fingerprint density at radius 1 is 1.45 bits per heavy atom. The molecule has 104 valence electrons. The minimum atomic E-state index is -0.216. The number of aryl methyl sites for hydroxylation is 1. The van der Waals surface area contributed by atoms with Crippen LogP contribution in [0, 0.1) is 5.82 Å². The van der Waals surface area contributed by atoms with E-state index in [4.69, 9.17) is 5.84 Å². The van der Waals surface area contributed by atoms with Crippen LogP contribution in [0.5, 0.6) is 0 Å². The predicted molar refractivity (Wildman–Crippen MR) is 78.8 cm³/mol. The summed E-state index contributed by atoms with van der Waals surface area (Å²) in [5.74, 6) is 6.41. The van der Waals surface area contributed by atoms with Crippen molar-refractivity contribution in [3.63, 3.8) is 0 Å². The molecule has 0 saturated carbocycles. The maximum Gasteiger partial charge on any atom is 0.124 e.